The van der Waals surface area contributed by atoms with Gasteiger partial charge in [0, 0.05) is 18.1 Å². The summed E-state index contributed by atoms with van der Waals surface area (Å²) < 4.78 is 0. The van der Waals surface area contributed by atoms with Crippen molar-refractivity contribution in [2.45, 2.75) is 26.7 Å². The zero-order chi connectivity index (χ0) is 15.8. The van der Waals surface area contributed by atoms with Crippen LogP contribution in [0.1, 0.15) is 25.0 Å². The summed E-state index contributed by atoms with van der Waals surface area (Å²) in [4.78, 5) is 13.7. The zero-order valence-electron chi connectivity index (χ0n) is 12.5. The summed E-state index contributed by atoms with van der Waals surface area (Å²) in [6.07, 6.45) is 1.49. The van der Waals surface area contributed by atoms with Crippen LogP contribution in [0.4, 0.5) is 10.5 Å². The van der Waals surface area contributed by atoms with Crippen LogP contribution in [0.15, 0.2) is 12.1 Å². The number of aliphatic hydroxyl groups is 2. The molecule has 2 amide bonds. The molecule has 0 saturated carbocycles. The Labute approximate surface area is 130 Å². The molecule has 118 valence electrons. The van der Waals surface area contributed by atoms with Crippen molar-refractivity contribution < 1.29 is 15.0 Å². The second-order valence-corrected chi connectivity index (χ2v) is 5.04. The lowest BCUT2D eigenvalue weighted by molar-refractivity contribution is 0.167. The molecule has 0 heterocycles. The first-order valence-corrected chi connectivity index (χ1v) is 7.54. The standard InChI is InChI=1S/C15H23ClN2O3/c1-3-11-5-6-13(16)12(4-2)14(11)17-15(21)18(7-9-19)8-10-20/h5-6,19-20H,3-4,7-10H2,1-2H3,(H,17,21). The fourth-order valence-electron chi connectivity index (χ4n) is 2.21. The topological polar surface area (TPSA) is 72.8 Å². The average molecular weight is 315 g/mol. The van der Waals surface area contributed by atoms with Crippen molar-refractivity contribution in [1.29, 1.82) is 0 Å². The first-order chi connectivity index (χ1) is 10.1. The molecule has 5 nitrogen and oxygen atoms in total. The zero-order valence-corrected chi connectivity index (χ0v) is 13.3. The van der Waals surface area contributed by atoms with Crippen molar-refractivity contribution >= 4 is 23.3 Å². The number of carbonyl (C=O) groups is 1. The van der Waals surface area contributed by atoms with E-state index >= 15 is 0 Å². The third kappa shape index (κ3) is 4.59. The Hall–Kier alpha value is -1.30. The Balaban J connectivity index is 3.04. The van der Waals surface area contributed by atoms with Gasteiger partial charge >= 0.3 is 6.03 Å². The van der Waals surface area contributed by atoms with E-state index in [0.717, 1.165) is 23.2 Å². The minimum atomic E-state index is -0.343. The van der Waals surface area contributed by atoms with Crippen molar-refractivity contribution in [2.24, 2.45) is 0 Å². The van der Waals surface area contributed by atoms with Crippen LogP contribution in [0.3, 0.4) is 0 Å². The van der Waals surface area contributed by atoms with E-state index in [4.69, 9.17) is 21.8 Å². The molecule has 0 aromatic heterocycles. The summed E-state index contributed by atoms with van der Waals surface area (Å²) in [6.45, 7) is 4.05. The van der Waals surface area contributed by atoms with Crippen LogP contribution >= 0.6 is 11.6 Å². The first kappa shape index (κ1) is 17.8. The summed E-state index contributed by atoms with van der Waals surface area (Å²) in [7, 11) is 0. The molecule has 0 spiro atoms. The van der Waals surface area contributed by atoms with Crippen LogP contribution < -0.4 is 5.32 Å². The van der Waals surface area contributed by atoms with Crippen LogP contribution in [0.25, 0.3) is 0 Å². The molecular weight excluding hydrogens is 292 g/mol. The predicted molar refractivity (Wildman–Crippen MR) is 85.0 cm³/mol. The Morgan fingerprint density at radius 3 is 2.29 bits per heavy atom. The lowest BCUT2D eigenvalue weighted by atomic mass is 10.0. The summed E-state index contributed by atoms with van der Waals surface area (Å²) in [5, 5.41) is 21.5. The fraction of sp³-hybridized carbons (Fsp3) is 0.533. The van der Waals surface area contributed by atoms with Crippen LogP contribution in [-0.2, 0) is 12.8 Å². The van der Waals surface area contributed by atoms with Crippen molar-refractivity contribution in [1.82, 2.24) is 4.90 Å². The molecule has 0 atom stereocenters. The minimum Gasteiger partial charge on any atom is -0.395 e. The van der Waals surface area contributed by atoms with E-state index in [-0.39, 0.29) is 32.3 Å². The van der Waals surface area contributed by atoms with E-state index in [1.54, 1.807) is 0 Å². The number of nitrogens with one attached hydrogen (secondary N) is 1. The maximum absolute atomic E-state index is 12.3. The first-order valence-electron chi connectivity index (χ1n) is 7.16. The van der Waals surface area contributed by atoms with Gasteiger partial charge in [-0.1, -0.05) is 31.5 Å². The molecule has 6 heteroatoms. The van der Waals surface area contributed by atoms with Gasteiger partial charge in [-0.05, 0) is 30.0 Å². The van der Waals surface area contributed by atoms with Crippen molar-refractivity contribution in [2.75, 3.05) is 31.6 Å². The van der Waals surface area contributed by atoms with E-state index in [1.165, 1.54) is 4.90 Å². The van der Waals surface area contributed by atoms with Crippen LogP contribution in [-0.4, -0.2) is 47.4 Å². The highest BCUT2D eigenvalue weighted by molar-refractivity contribution is 6.31. The second kappa shape index (κ2) is 8.87. The van der Waals surface area contributed by atoms with Crippen LogP contribution in [0.2, 0.25) is 5.02 Å². The van der Waals surface area contributed by atoms with Crippen LogP contribution in [0.5, 0.6) is 0 Å². The third-order valence-corrected chi connectivity index (χ3v) is 3.69. The number of hydrogen-bond acceptors (Lipinski definition) is 3. The van der Waals surface area contributed by atoms with Gasteiger partial charge in [-0.2, -0.15) is 0 Å². The number of aryl methyl sites for hydroxylation is 1. The van der Waals surface area contributed by atoms with E-state index in [0.29, 0.717) is 11.4 Å². The Morgan fingerprint density at radius 2 is 1.81 bits per heavy atom. The molecule has 1 aromatic rings. The highest BCUT2D eigenvalue weighted by Crippen LogP contribution is 2.29. The Morgan fingerprint density at radius 1 is 1.19 bits per heavy atom. The number of aliphatic hydroxyl groups excluding tert-OH is 2. The smallest absolute Gasteiger partial charge is 0.322 e. The van der Waals surface area contributed by atoms with Gasteiger partial charge in [-0.15, -0.1) is 0 Å². The molecule has 21 heavy (non-hydrogen) atoms. The number of benzene rings is 1. The molecule has 0 aliphatic heterocycles. The number of anilines is 1. The van der Waals surface area contributed by atoms with Crippen LogP contribution in [0, 0.1) is 0 Å². The van der Waals surface area contributed by atoms with E-state index < -0.39 is 0 Å². The van der Waals surface area contributed by atoms with Crippen molar-refractivity contribution in [3.63, 3.8) is 0 Å². The predicted octanol–water partition coefficient (Wildman–Crippen LogP) is 2.28. The van der Waals surface area contributed by atoms with Crippen molar-refractivity contribution in [3.05, 3.63) is 28.3 Å². The monoisotopic (exact) mass is 314 g/mol. The number of halogens is 1. The quantitative estimate of drug-likeness (QED) is 0.723. The summed E-state index contributed by atoms with van der Waals surface area (Å²) >= 11 is 6.20. The summed E-state index contributed by atoms with van der Waals surface area (Å²) in [5.41, 5.74) is 2.65. The molecule has 3 N–H and O–H groups in total. The molecule has 0 aliphatic rings. The fourth-order valence-corrected chi connectivity index (χ4v) is 2.50. The maximum Gasteiger partial charge on any atom is 0.322 e. The lowest BCUT2D eigenvalue weighted by Gasteiger charge is -2.23. The number of urea groups is 1. The SMILES string of the molecule is CCc1ccc(Cl)c(CC)c1NC(=O)N(CCO)CCO. The highest BCUT2D eigenvalue weighted by atomic mass is 35.5. The van der Waals surface area contributed by atoms with Gasteiger partial charge in [0.05, 0.1) is 18.9 Å². The van der Waals surface area contributed by atoms with Gasteiger partial charge in [-0.25, -0.2) is 4.79 Å². The third-order valence-electron chi connectivity index (χ3n) is 3.34. The van der Waals surface area contributed by atoms with E-state index in [1.807, 2.05) is 26.0 Å². The van der Waals surface area contributed by atoms with E-state index in [2.05, 4.69) is 5.32 Å². The number of amides is 2. The molecule has 0 bridgehead atoms. The number of hydrogen-bond donors (Lipinski definition) is 3. The molecule has 1 rings (SSSR count). The molecule has 0 unspecified atom stereocenters. The van der Waals surface area contributed by atoms with Gasteiger partial charge in [0.1, 0.15) is 0 Å². The number of carbonyl (C=O) groups excluding carboxylic acids is 1. The lowest BCUT2D eigenvalue weighted by Crippen LogP contribution is -2.39. The van der Waals surface area contributed by atoms with Gasteiger partial charge in [0.15, 0.2) is 0 Å². The normalized spacial score (nSPS) is 10.5. The number of rotatable bonds is 7. The van der Waals surface area contributed by atoms with E-state index in [9.17, 15) is 4.79 Å². The number of nitrogens with zero attached hydrogens (tertiary/aromatic N) is 1. The summed E-state index contributed by atoms with van der Waals surface area (Å²) in [6, 6.07) is 3.40. The van der Waals surface area contributed by atoms with Gasteiger partial charge in [0.25, 0.3) is 0 Å². The molecule has 0 aliphatic carbocycles. The average Bonchev–Trinajstić information content (AvgIpc) is 2.47. The van der Waals surface area contributed by atoms with Gasteiger partial charge in [0.2, 0.25) is 0 Å². The van der Waals surface area contributed by atoms with Crippen molar-refractivity contribution in [3.8, 4) is 0 Å². The largest absolute Gasteiger partial charge is 0.395 e. The Kier molecular flexibility index (Phi) is 7.50. The molecule has 0 radical (unpaired) electrons. The molecular formula is C15H23ClN2O3. The molecule has 0 saturated heterocycles. The minimum absolute atomic E-state index is 0.149. The van der Waals surface area contributed by atoms with Gasteiger partial charge in [-0.3, -0.25) is 0 Å². The maximum atomic E-state index is 12.3. The molecule has 0 fully saturated rings. The highest BCUT2D eigenvalue weighted by Gasteiger charge is 2.17. The summed E-state index contributed by atoms with van der Waals surface area (Å²) in [5.74, 6) is 0. The van der Waals surface area contributed by atoms with Gasteiger partial charge < -0.3 is 20.4 Å². The molecule has 1 aromatic carbocycles. The Bertz CT molecular complexity index is 474. The second-order valence-electron chi connectivity index (χ2n) is 4.63.